The highest BCUT2D eigenvalue weighted by Gasteiger charge is 2.34. The summed E-state index contributed by atoms with van der Waals surface area (Å²) in [5.41, 5.74) is 1.05. The standard InChI is InChI=1S/C26H28N4O4S/c1-34-21-11-4-7-18(15-21)24(26(33)29-19-8-2-3-9-19)30(20-10-5-13-27-16-20)23(31)17-28-25(32)22-12-6-14-35-22/h4-7,10-16,19,24H,2-3,8-9,17H2,1H3,(H,28,32)(H,29,33)/t24-/m1/s1. The molecule has 35 heavy (non-hydrogen) atoms. The number of nitrogens with zero attached hydrogens (tertiary/aromatic N) is 2. The molecule has 1 atom stereocenters. The number of amides is 3. The molecule has 2 N–H and O–H groups in total. The van der Waals surface area contributed by atoms with E-state index in [1.807, 2.05) is 0 Å². The summed E-state index contributed by atoms with van der Waals surface area (Å²) in [6, 6.07) is 13.1. The van der Waals surface area contributed by atoms with E-state index in [0.717, 1.165) is 25.7 Å². The summed E-state index contributed by atoms with van der Waals surface area (Å²) < 4.78 is 5.38. The number of carbonyl (C=O) groups is 3. The van der Waals surface area contributed by atoms with E-state index in [0.29, 0.717) is 21.9 Å². The number of aromatic nitrogens is 1. The minimum atomic E-state index is -0.971. The Hall–Kier alpha value is -3.72. The van der Waals surface area contributed by atoms with Gasteiger partial charge in [0.15, 0.2) is 0 Å². The molecule has 0 spiro atoms. The van der Waals surface area contributed by atoms with Crippen LogP contribution in [0.15, 0.2) is 66.3 Å². The Morgan fingerprint density at radius 2 is 1.97 bits per heavy atom. The van der Waals surface area contributed by atoms with Crippen molar-refractivity contribution in [2.45, 2.75) is 37.8 Å². The van der Waals surface area contributed by atoms with Crippen molar-refractivity contribution in [1.82, 2.24) is 15.6 Å². The van der Waals surface area contributed by atoms with Crippen LogP contribution in [0.3, 0.4) is 0 Å². The number of pyridine rings is 1. The van der Waals surface area contributed by atoms with Crippen LogP contribution in [0.4, 0.5) is 5.69 Å². The fraction of sp³-hybridized carbons (Fsp3) is 0.308. The monoisotopic (exact) mass is 492 g/mol. The van der Waals surface area contributed by atoms with Gasteiger partial charge in [0.1, 0.15) is 11.8 Å². The van der Waals surface area contributed by atoms with Crippen LogP contribution in [-0.4, -0.2) is 42.4 Å². The van der Waals surface area contributed by atoms with Crippen molar-refractivity contribution in [2.24, 2.45) is 0 Å². The van der Waals surface area contributed by atoms with Gasteiger partial charge in [-0.1, -0.05) is 31.0 Å². The number of nitrogens with one attached hydrogen (secondary N) is 2. The van der Waals surface area contributed by atoms with Crippen LogP contribution in [0, 0.1) is 0 Å². The second-order valence-corrected chi connectivity index (χ2v) is 9.25. The molecule has 3 amide bonds. The summed E-state index contributed by atoms with van der Waals surface area (Å²) >= 11 is 1.29. The molecule has 9 heteroatoms. The molecule has 1 fully saturated rings. The van der Waals surface area contributed by atoms with Crippen LogP contribution in [0.1, 0.15) is 47.0 Å². The predicted octanol–water partition coefficient (Wildman–Crippen LogP) is 3.71. The Balaban J connectivity index is 1.68. The van der Waals surface area contributed by atoms with Crippen molar-refractivity contribution in [1.29, 1.82) is 0 Å². The number of anilines is 1. The molecule has 0 unspecified atom stereocenters. The zero-order valence-electron chi connectivity index (χ0n) is 19.5. The first-order valence-electron chi connectivity index (χ1n) is 11.5. The molecule has 3 aromatic rings. The van der Waals surface area contributed by atoms with Crippen molar-refractivity contribution in [2.75, 3.05) is 18.6 Å². The topological polar surface area (TPSA) is 101 Å². The Labute approximate surface area is 208 Å². The summed E-state index contributed by atoms with van der Waals surface area (Å²) in [6.45, 7) is -0.275. The molecule has 1 aromatic carbocycles. The highest BCUT2D eigenvalue weighted by molar-refractivity contribution is 7.12. The molecule has 1 aliphatic carbocycles. The maximum atomic E-state index is 13.7. The van der Waals surface area contributed by atoms with Crippen LogP contribution in [0.5, 0.6) is 5.75 Å². The number of rotatable bonds is 9. The Morgan fingerprint density at radius 3 is 2.66 bits per heavy atom. The first kappa shape index (κ1) is 24.4. The second-order valence-electron chi connectivity index (χ2n) is 8.30. The number of hydrogen-bond acceptors (Lipinski definition) is 6. The summed E-state index contributed by atoms with van der Waals surface area (Å²) in [4.78, 5) is 45.8. The molecule has 1 saturated carbocycles. The third-order valence-corrected chi connectivity index (χ3v) is 6.82. The molecule has 0 radical (unpaired) electrons. The number of ether oxygens (including phenoxy) is 1. The van der Waals surface area contributed by atoms with Gasteiger partial charge in [-0.2, -0.15) is 0 Å². The summed E-state index contributed by atoms with van der Waals surface area (Å²) in [6.07, 6.45) is 7.09. The lowest BCUT2D eigenvalue weighted by Crippen LogP contribution is -2.49. The van der Waals surface area contributed by atoms with Gasteiger partial charge in [-0.25, -0.2) is 0 Å². The van der Waals surface area contributed by atoms with Crippen molar-refractivity contribution in [3.8, 4) is 5.75 Å². The summed E-state index contributed by atoms with van der Waals surface area (Å²) in [7, 11) is 1.55. The molecule has 8 nitrogen and oxygen atoms in total. The number of benzene rings is 1. The Morgan fingerprint density at radius 1 is 1.14 bits per heavy atom. The number of methoxy groups -OCH3 is 1. The summed E-state index contributed by atoms with van der Waals surface area (Å²) in [5.74, 6) is -0.484. The third kappa shape index (κ3) is 6.05. The molecule has 4 rings (SSSR count). The van der Waals surface area contributed by atoms with Crippen molar-refractivity contribution >= 4 is 34.7 Å². The van der Waals surface area contributed by atoms with E-state index in [9.17, 15) is 14.4 Å². The molecule has 182 valence electrons. The largest absolute Gasteiger partial charge is 0.497 e. The lowest BCUT2D eigenvalue weighted by atomic mass is 10.0. The van der Waals surface area contributed by atoms with Gasteiger partial charge in [0.25, 0.3) is 5.91 Å². The average Bonchev–Trinajstić information content (AvgIpc) is 3.61. The van der Waals surface area contributed by atoms with Gasteiger partial charge in [-0.15, -0.1) is 11.3 Å². The number of carbonyl (C=O) groups excluding carboxylic acids is 3. The first-order chi connectivity index (χ1) is 17.1. The van der Waals surface area contributed by atoms with Crippen LogP contribution >= 0.6 is 11.3 Å². The molecular formula is C26H28N4O4S. The van der Waals surface area contributed by atoms with Crippen LogP contribution in [-0.2, 0) is 9.59 Å². The van der Waals surface area contributed by atoms with Crippen molar-refractivity contribution in [3.63, 3.8) is 0 Å². The van der Waals surface area contributed by atoms with E-state index >= 15 is 0 Å². The molecule has 0 saturated heterocycles. The van der Waals surface area contributed by atoms with E-state index in [2.05, 4.69) is 15.6 Å². The van der Waals surface area contributed by atoms with Crippen LogP contribution in [0.2, 0.25) is 0 Å². The highest BCUT2D eigenvalue weighted by atomic mass is 32.1. The maximum Gasteiger partial charge on any atom is 0.261 e. The molecule has 0 bridgehead atoms. The lowest BCUT2D eigenvalue weighted by Gasteiger charge is -2.32. The lowest BCUT2D eigenvalue weighted by molar-refractivity contribution is -0.126. The highest BCUT2D eigenvalue weighted by Crippen LogP contribution is 2.30. The van der Waals surface area contributed by atoms with E-state index in [4.69, 9.17) is 4.74 Å². The predicted molar refractivity (Wildman–Crippen MR) is 135 cm³/mol. The van der Waals surface area contributed by atoms with Gasteiger partial charge in [-0.3, -0.25) is 24.3 Å². The van der Waals surface area contributed by atoms with Gasteiger partial charge in [-0.05, 0) is 54.1 Å². The van der Waals surface area contributed by atoms with E-state index in [1.165, 1.54) is 22.4 Å². The normalized spacial score (nSPS) is 14.2. The van der Waals surface area contributed by atoms with Gasteiger partial charge < -0.3 is 15.4 Å². The van der Waals surface area contributed by atoms with Crippen LogP contribution < -0.4 is 20.3 Å². The smallest absolute Gasteiger partial charge is 0.261 e. The van der Waals surface area contributed by atoms with E-state index < -0.39 is 11.9 Å². The minimum Gasteiger partial charge on any atom is -0.497 e. The fourth-order valence-corrected chi connectivity index (χ4v) is 4.89. The Kier molecular flexibility index (Phi) is 8.10. The SMILES string of the molecule is COc1cccc([C@H](C(=O)NC2CCCC2)N(C(=O)CNC(=O)c2cccs2)c2cccnc2)c1. The number of thiophene rings is 1. The van der Waals surface area contributed by atoms with Crippen LogP contribution in [0.25, 0.3) is 0 Å². The van der Waals surface area contributed by atoms with E-state index in [-0.39, 0.29) is 24.4 Å². The van der Waals surface area contributed by atoms with Crippen molar-refractivity contribution < 1.29 is 19.1 Å². The Bertz CT molecular complexity index is 1150. The molecule has 2 heterocycles. The molecule has 1 aliphatic rings. The van der Waals surface area contributed by atoms with E-state index in [1.54, 1.807) is 67.2 Å². The van der Waals surface area contributed by atoms with Gasteiger partial charge in [0.2, 0.25) is 11.8 Å². The fourth-order valence-electron chi connectivity index (χ4n) is 4.25. The first-order valence-corrected chi connectivity index (χ1v) is 12.4. The van der Waals surface area contributed by atoms with Gasteiger partial charge in [0, 0.05) is 12.2 Å². The second kappa shape index (κ2) is 11.6. The third-order valence-electron chi connectivity index (χ3n) is 5.96. The minimum absolute atomic E-state index is 0.0694. The molecule has 2 aromatic heterocycles. The summed E-state index contributed by atoms with van der Waals surface area (Å²) in [5, 5.41) is 7.60. The molecule has 0 aliphatic heterocycles. The zero-order chi connectivity index (χ0) is 24.6. The zero-order valence-corrected chi connectivity index (χ0v) is 20.3. The van der Waals surface area contributed by atoms with Gasteiger partial charge >= 0.3 is 0 Å². The maximum absolute atomic E-state index is 13.7. The molecular weight excluding hydrogens is 464 g/mol. The van der Waals surface area contributed by atoms with Gasteiger partial charge in [0.05, 0.1) is 30.4 Å². The van der Waals surface area contributed by atoms with Crippen molar-refractivity contribution in [3.05, 3.63) is 76.7 Å². The number of hydrogen-bond donors (Lipinski definition) is 2. The quantitative estimate of drug-likeness (QED) is 0.474. The average molecular weight is 493 g/mol.